The lowest BCUT2D eigenvalue weighted by atomic mass is 10.2. The third-order valence-corrected chi connectivity index (χ3v) is 5.22. The Bertz CT molecular complexity index is 1470. The standard InChI is InChI=1S/C23H22F2N6O4/c1-30-22(33)19-21(31(23(30)34)13-14-2-7-17(24)18(25)12-14)29-28-20(27-19)15-3-5-16(6-4-15)35-11-9-26-8-10-32/h2-7,12,26,32H,8-11,13H2,1H3. The quantitative estimate of drug-likeness (QED) is 0.335. The number of halogens is 2. The molecular formula is C23H22F2N6O4. The molecule has 2 N–H and O–H groups in total. The smallest absolute Gasteiger partial charge is 0.332 e. The first kappa shape index (κ1) is 24.1. The molecule has 182 valence electrons. The predicted molar refractivity (Wildman–Crippen MR) is 123 cm³/mol. The van der Waals surface area contributed by atoms with Crippen molar-refractivity contribution in [3.05, 3.63) is 80.5 Å². The van der Waals surface area contributed by atoms with Crippen molar-refractivity contribution in [2.45, 2.75) is 6.54 Å². The Morgan fingerprint density at radius 1 is 1.03 bits per heavy atom. The van der Waals surface area contributed by atoms with E-state index in [-0.39, 0.29) is 30.1 Å². The summed E-state index contributed by atoms with van der Waals surface area (Å²) in [7, 11) is 1.30. The Hall–Kier alpha value is -4.03. The van der Waals surface area contributed by atoms with Gasteiger partial charge in [-0.1, -0.05) is 6.07 Å². The minimum absolute atomic E-state index is 0.0541. The largest absolute Gasteiger partial charge is 0.492 e. The van der Waals surface area contributed by atoms with Crippen LogP contribution >= 0.6 is 0 Å². The molecule has 0 spiro atoms. The summed E-state index contributed by atoms with van der Waals surface area (Å²) in [5.74, 6) is -1.27. The average Bonchev–Trinajstić information content (AvgIpc) is 2.87. The summed E-state index contributed by atoms with van der Waals surface area (Å²) < 4.78 is 34.5. The second kappa shape index (κ2) is 10.5. The second-order valence-electron chi connectivity index (χ2n) is 7.64. The van der Waals surface area contributed by atoms with E-state index in [0.29, 0.717) is 36.6 Å². The molecule has 4 rings (SSSR count). The predicted octanol–water partition coefficient (Wildman–Crippen LogP) is 0.839. The molecule has 0 aliphatic heterocycles. The van der Waals surface area contributed by atoms with Crippen LogP contribution in [-0.2, 0) is 13.6 Å². The number of rotatable bonds is 9. The molecule has 0 radical (unpaired) electrons. The molecule has 0 amide bonds. The van der Waals surface area contributed by atoms with E-state index in [0.717, 1.165) is 21.3 Å². The maximum absolute atomic E-state index is 13.6. The molecule has 0 saturated heterocycles. The lowest BCUT2D eigenvalue weighted by Crippen LogP contribution is -2.39. The van der Waals surface area contributed by atoms with E-state index in [1.165, 1.54) is 13.1 Å². The monoisotopic (exact) mass is 484 g/mol. The number of hydrogen-bond acceptors (Lipinski definition) is 8. The lowest BCUT2D eigenvalue weighted by Gasteiger charge is -2.11. The van der Waals surface area contributed by atoms with E-state index in [1.54, 1.807) is 24.3 Å². The van der Waals surface area contributed by atoms with Gasteiger partial charge < -0.3 is 15.2 Å². The summed E-state index contributed by atoms with van der Waals surface area (Å²) in [5, 5.41) is 19.9. The lowest BCUT2D eigenvalue weighted by molar-refractivity contribution is 0.276. The normalized spacial score (nSPS) is 11.2. The molecule has 0 aliphatic rings. The Morgan fingerprint density at radius 2 is 1.80 bits per heavy atom. The van der Waals surface area contributed by atoms with Gasteiger partial charge in [0.25, 0.3) is 5.56 Å². The van der Waals surface area contributed by atoms with E-state index < -0.39 is 22.9 Å². The SMILES string of the molecule is Cn1c(=O)c2nc(-c3ccc(OCCNCCO)cc3)nnc2n(Cc2ccc(F)c(F)c2)c1=O. The molecule has 35 heavy (non-hydrogen) atoms. The summed E-state index contributed by atoms with van der Waals surface area (Å²) in [6.07, 6.45) is 0. The van der Waals surface area contributed by atoms with Crippen LogP contribution in [0.4, 0.5) is 8.78 Å². The molecule has 4 aromatic rings. The number of benzene rings is 2. The van der Waals surface area contributed by atoms with Crippen LogP contribution in [0.15, 0.2) is 52.1 Å². The summed E-state index contributed by atoms with van der Waals surface area (Å²) in [4.78, 5) is 29.8. The fraction of sp³-hybridized carbons (Fsp3) is 0.261. The topological polar surface area (TPSA) is 124 Å². The highest BCUT2D eigenvalue weighted by molar-refractivity contribution is 5.71. The third kappa shape index (κ3) is 5.23. The van der Waals surface area contributed by atoms with Crippen molar-refractivity contribution in [3.63, 3.8) is 0 Å². The first-order chi connectivity index (χ1) is 16.9. The van der Waals surface area contributed by atoms with E-state index >= 15 is 0 Å². The molecule has 0 unspecified atom stereocenters. The van der Waals surface area contributed by atoms with Crippen molar-refractivity contribution in [2.75, 3.05) is 26.3 Å². The van der Waals surface area contributed by atoms with Crippen LogP contribution in [0.1, 0.15) is 5.56 Å². The van der Waals surface area contributed by atoms with Crippen LogP contribution in [0.25, 0.3) is 22.6 Å². The Balaban J connectivity index is 1.64. The summed E-state index contributed by atoms with van der Waals surface area (Å²) >= 11 is 0. The zero-order valence-electron chi connectivity index (χ0n) is 18.7. The number of aromatic nitrogens is 5. The molecular weight excluding hydrogens is 462 g/mol. The highest BCUT2D eigenvalue weighted by atomic mass is 19.2. The first-order valence-electron chi connectivity index (χ1n) is 10.7. The van der Waals surface area contributed by atoms with E-state index in [2.05, 4.69) is 20.5 Å². The van der Waals surface area contributed by atoms with Gasteiger partial charge in [-0.15, -0.1) is 10.2 Å². The van der Waals surface area contributed by atoms with Crippen molar-refractivity contribution in [1.29, 1.82) is 0 Å². The van der Waals surface area contributed by atoms with E-state index in [9.17, 15) is 18.4 Å². The molecule has 2 aromatic heterocycles. The van der Waals surface area contributed by atoms with Gasteiger partial charge in [0, 0.05) is 25.7 Å². The van der Waals surface area contributed by atoms with Gasteiger partial charge in [-0.2, -0.15) is 0 Å². The number of aliphatic hydroxyl groups excluding tert-OH is 1. The van der Waals surface area contributed by atoms with Gasteiger partial charge in [-0.05, 0) is 42.0 Å². The maximum atomic E-state index is 13.6. The fourth-order valence-corrected chi connectivity index (χ4v) is 3.39. The average molecular weight is 484 g/mol. The van der Waals surface area contributed by atoms with Gasteiger partial charge in [0.1, 0.15) is 12.4 Å². The van der Waals surface area contributed by atoms with Gasteiger partial charge in [-0.3, -0.25) is 13.9 Å². The number of fused-ring (bicyclic) bond motifs is 1. The van der Waals surface area contributed by atoms with Crippen molar-refractivity contribution in [2.24, 2.45) is 7.05 Å². The van der Waals surface area contributed by atoms with Gasteiger partial charge in [0.2, 0.25) is 0 Å². The summed E-state index contributed by atoms with van der Waals surface area (Å²) in [6.45, 7) is 1.38. The maximum Gasteiger partial charge on any atom is 0.332 e. The van der Waals surface area contributed by atoms with Crippen LogP contribution in [0, 0.1) is 11.6 Å². The Morgan fingerprint density at radius 3 is 2.51 bits per heavy atom. The molecule has 10 nitrogen and oxygen atoms in total. The van der Waals surface area contributed by atoms with Crippen molar-refractivity contribution < 1.29 is 18.6 Å². The van der Waals surface area contributed by atoms with E-state index in [1.807, 2.05) is 0 Å². The highest BCUT2D eigenvalue weighted by Crippen LogP contribution is 2.20. The number of aliphatic hydroxyl groups is 1. The molecule has 2 heterocycles. The Labute approximate surface area is 197 Å². The first-order valence-corrected chi connectivity index (χ1v) is 10.7. The highest BCUT2D eigenvalue weighted by Gasteiger charge is 2.17. The van der Waals surface area contributed by atoms with Crippen LogP contribution in [0.2, 0.25) is 0 Å². The fourth-order valence-electron chi connectivity index (χ4n) is 3.39. The van der Waals surface area contributed by atoms with Crippen molar-refractivity contribution >= 4 is 11.2 Å². The van der Waals surface area contributed by atoms with Crippen LogP contribution in [-0.4, -0.2) is 55.7 Å². The second-order valence-corrected chi connectivity index (χ2v) is 7.64. The van der Waals surface area contributed by atoms with Crippen LogP contribution in [0.3, 0.4) is 0 Å². The number of hydrogen-bond donors (Lipinski definition) is 2. The van der Waals surface area contributed by atoms with E-state index in [4.69, 9.17) is 9.84 Å². The molecule has 0 bridgehead atoms. The molecule has 2 aromatic carbocycles. The van der Waals surface area contributed by atoms with Gasteiger partial charge in [-0.25, -0.2) is 18.6 Å². The van der Waals surface area contributed by atoms with Gasteiger partial charge in [0.15, 0.2) is 28.6 Å². The zero-order chi connectivity index (χ0) is 24.9. The number of nitrogens with zero attached hydrogens (tertiary/aromatic N) is 5. The molecule has 0 fully saturated rings. The third-order valence-electron chi connectivity index (χ3n) is 5.22. The zero-order valence-corrected chi connectivity index (χ0v) is 18.7. The molecule has 0 saturated carbocycles. The summed E-state index contributed by atoms with van der Waals surface area (Å²) in [6, 6.07) is 10.1. The molecule has 12 heteroatoms. The Kier molecular flexibility index (Phi) is 7.22. The van der Waals surface area contributed by atoms with Gasteiger partial charge in [0.05, 0.1) is 13.2 Å². The van der Waals surface area contributed by atoms with Crippen LogP contribution in [0.5, 0.6) is 5.75 Å². The van der Waals surface area contributed by atoms with Crippen molar-refractivity contribution in [1.82, 2.24) is 29.6 Å². The molecule has 0 aliphatic carbocycles. The number of nitrogens with one attached hydrogen (secondary N) is 1. The van der Waals surface area contributed by atoms with Crippen molar-refractivity contribution in [3.8, 4) is 17.1 Å². The minimum atomic E-state index is -1.05. The number of ether oxygens (including phenoxy) is 1. The van der Waals surface area contributed by atoms with Gasteiger partial charge >= 0.3 is 5.69 Å². The summed E-state index contributed by atoms with van der Waals surface area (Å²) in [5.41, 5.74) is -0.620. The molecule has 0 atom stereocenters. The van der Waals surface area contributed by atoms with Crippen LogP contribution < -0.4 is 21.3 Å². The minimum Gasteiger partial charge on any atom is -0.492 e.